The van der Waals surface area contributed by atoms with E-state index in [-0.39, 0.29) is 0 Å². The molecular formula is C24H27NO2. The molecule has 0 fully saturated rings. The Morgan fingerprint density at radius 2 is 1.89 bits per heavy atom. The quantitative estimate of drug-likeness (QED) is 0.653. The third-order valence-electron chi connectivity index (χ3n) is 5.37. The highest BCUT2D eigenvalue weighted by molar-refractivity contribution is 5.61. The minimum absolute atomic E-state index is 0.301. The summed E-state index contributed by atoms with van der Waals surface area (Å²) >= 11 is 0. The molecule has 27 heavy (non-hydrogen) atoms. The fraction of sp³-hybridized carbons (Fsp3) is 0.333. The highest BCUT2D eigenvalue weighted by atomic mass is 16.5. The van der Waals surface area contributed by atoms with Gasteiger partial charge in [-0.25, -0.2) is 0 Å². The normalized spacial score (nSPS) is 22.5. The van der Waals surface area contributed by atoms with Crippen molar-refractivity contribution in [3.63, 3.8) is 0 Å². The van der Waals surface area contributed by atoms with E-state index in [9.17, 15) is 0 Å². The molecule has 2 aromatic carbocycles. The molecule has 2 aliphatic rings. The van der Waals surface area contributed by atoms with Gasteiger partial charge in [0.1, 0.15) is 18.1 Å². The van der Waals surface area contributed by atoms with E-state index in [0.29, 0.717) is 31.1 Å². The summed E-state index contributed by atoms with van der Waals surface area (Å²) in [4.78, 5) is 0. The lowest BCUT2D eigenvalue weighted by Crippen LogP contribution is -2.29. The molecule has 0 amide bonds. The molecule has 0 radical (unpaired) electrons. The molecule has 1 heterocycles. The number of fused-ring (bicyclic) bond motifs is 3. The lowest BCUT2D eigenvalue weighted by atomic mass is 9.77. The van der Waals surface area contributed by atoms with E-state index in [4.69, 9.17) is 9.47 Å². The van der Waals surface area contributed by atoms with Crippen LogP contribution in [0.3, 0.4) is 0 Å². The fourth-order valence-corrected chi connectivity index (χ4v) is 4.14. The first-order valence-corrected chi connectivity index (χ1v) is 9.73. The number of allylic oxidation sites excluding steroid dienone is 2. The minimum atomic E-state index is 0.301. The number of hydrogen-bond acceptors (Lipinski definition) is 3. The maximum Gasteiger partial charge on any atom is 0.120 e. The van der Waals surface area contributed by atoms with Crippen LogP contribution in [0.25, 0.3) is 0 Å². The molecule has 0 bridgehead atoms. The summed E-state index contributed by atoms with van der Waals surface area (Å²) in [6.45, 7) is 9.16. The first kappa shape index (κ1) is 17.7. The second-order valence-corrected chi connectivity index (χ2v) is 7.47. The van der Waals surface area contributed by atoms with Crippen molar-refractivity contribution >= 4 is 5.69 Å². The lowest BCUT2D eigenvalue weighted by molar-refractivity contribution is 0.339. The molecule has 1 aliphatic carbocycles. The number of ether oxygens (including phenoxy) is 2. The molecule has 140 valence electrons. The van der Waals surface area contributed by atoms with Crippen molar-refractivity contribution in [2.45, 2.75) is 32.2 Å². The molecule has 3 nitrogen and oxygen atoms in total. The summed E-state index contributed by atoms with van der Waals surface area (Å²) in [6, 6.07) is 15.2. The molecule has 3 unspecified atom stereocenters. The van der Waals surface area contributed by atoms with E-state index in [2.05, 4.69) is 60.4 Å². The minimum Gasteiger partial charge on any atom is -0.494 e. The second-order valence-electron chi connectivity index (χ2n) is 7.47. The highest BCUT2D eigenvalue weighted by Gasteiger charge is 2.38. The number of rotatable bonds is 6. The third-order valence-corrected chi connectivity index (χ3v) is 5.37. The summed E-state index contributed by atoms with van der Waals surface area (Å²) in [5.74, 6) is 2.79. The van der Waals surface area contributed by atoms with Crippen LogP contribution in [-0.2, 0) is 0 Å². The molecule has 2 aromatic rings. The maximum absolute atomic E-state index is 5.86. The van der Waals surface area contributed by atoms with Crippen LogP contribution < -0.4 is 14.8 Å². The van der Waals surface area contributed by atoms with Crippen molar-refractivity contribution in [1.82, 2.24) is 0 Å². The predicted molar refractivity (Wildman–Crippen MR) is 111 cm³/mol. The van der Waals surface area contributed by atoms with Gasteiger partial charge in [0.25, 0.3) is 0 Å². The van der Waals surface area contributed by atoms with E-state index in [0.717, 1.165) is 23.5 Å². The van der Waals surface area contributed by atoms with E-state index < -0.39 is 0 Å². The van der Waals surface area contributed by atoms with Gasteiger partial charge in [-0.3, -0.25) is 0 Å². The largest absolute Gasteiger partial charge is 0.494 e. The zero-order valence-corrected chi connectivity index (χ0v) is 16.1. The van der Waals surface area contributed by atoms with Crippen LogP contribution in [0.15, 0.2) is 66.8 Å². The van der Waals surface area contributed by atoms with Gasteiger partial charge in [-0.15, -0.1) is 0 Å². The van der Waals surface area contributed by atoms with Gasteiger partial charge in [0, 0.05) is 11.6 Å². The highest BCUT2D eigenvalue weighted by Crippen LogP contribution is 2.50. The molecule has 0 saturated heterocycles. The first-order valence-electron chi connectivity index (χ1n) is 9.73. The van der Waals surface area contributed by atoms with Crippen molar-refractivity contribution in [1.29, 1.82) is 0 Å². The third kappa shape index (κ3) is 3.59. The Morgan fingerprint density at radius 1 is 1.11 bits per heavy atom. The second kappa shape index (κ2) is 7.51. The molecule has 3 heteroatoms. The lowest BCUT2D eigenvalue weighted by Gasteiger charge is -2.37. The summed E-state index contributed by atoms with van der Waals surface area (Å²) in [7, 11) is 0. The Labute approximate surface area is 161 Å². The standard InChI is InChI=1S/C24H27NO2/c1-4-26-18-10-8-17(9-11-18)24-21-7-5-6-20(21)22-14-19(27-15-16(2)3)12-13-23(22)25-24/h5-6,8-14,20-21,24-25H,2,4,7,15H2,1,3H3. The molecule has 0 aromatic heterocycles. The van der Waals surface area contributed by atoms with Crippen LogP contribution in [0.5, 0.6) is 11.5 Å². The Hall–Kier alpha value is -2.68. The van der Waals surface area contributed by atoms with Crippen LogP contribution in [0.4, 0.5) is 5.69 Å². The molecule has 3 atom stereocenters. The fourth-order valence-electron chi connectivity index (χ4n) is 4.14. The topological polar surface area (TPSA) is 30.5 Å². The van der Waals surface area contributed by atoms with Crippen molar-refractivity contribution in [2.24, 2.45) is 5.92 Å². The van der Waals surface area contributed by atoms with Crippen molar-refractivity contribution in [3.05, 3.63) is 77.9 Å². The Morgan fingerprint density at radius 3 is 2.63 bits per heavy atom. The Balaban J connectivity index is 1.61. The van der Waals surface area contributed by atoms with Gasteiger partial charge in [0.15, 0.2) is 0 Å². The van der Waals surface area contributed by atoms with Crippen LogP contribution in [0, 0.1) is 5.92 Å². The van der Waals surface area contributed by atoms with Gasteiger partial charge < -0.3 is 14.8 Å². The van der Waals surface area contributed by atoms with Crippen molar-refractivity contribution < 1.29 is 9.47 Å². The molecule has 0 spiro atoms. The average molecular weight is 361 g/mol. The average Bonchev–Trinajstić information content (AvgIpc) is 3.17. The van der Waals surface area contributed by atoms with Crippen LogP contribution in [0.2, 0.25) is 0 Å². The summed E-state index contributed by atoms with van der Waals surface area (Å²) in [6.07, 6.45) is 5.76. The van der Waals surface area contributed by atoms with Crippen LogP contribution >= 0.6 is 0 Å². The zero-order chi connectivity index (χ0) is 18.8. The molecule has 1 N–H and O–H groups in total. The van der Waals surface area contributed by atoms with E-state index >= 15 is 0 Å². The SMILES string of the molecule is C=C(C)COc1ccc2c(c1)C1C=CCC1C(c1ccc(OCC)cc1)N2. The summed E-state index contributed by atoms with van der Waals surface area (Å²) in [5, 5.41) is 3.77. The van der Waals surface area contributed by atoms with Gasteiger partial charge in [-0.2, -0.15) is 0 Å². The smallest absolute Gasteiger partial charge is 0.120 e. The van der Waals surface area contributed by atoms with E-state index in [1.54, 1.807) is 0 Å². The predicted octanol–water partition coefficient (Wildman–Crippen LogP) is 5.87. The number of hydrogen-bond donors (Lipinski definition) is 1. The van der Waals surface area contributed by atoms with E-state index in [1.807, 2.05) is 19.9 Å². The van der Waals surface area contributed by atoms with Gasteiger partial charge in [0.05, 0.1) is 12.6 Å². The summed E-state index contributed by atoms with van der Waals surface area (Å²) < 4.78 is 11.5. The van der Waals surface area contributed by atoms with Gasteiger partial charge in [0.2, 0.25) is 0 Å². The van der Waals surface area contributed by atoms with Crippen molar-refractivity contribution in [3.8, 4) is 11.5 Å². The number of nitrogens with one attached hydrogen (secondary N) is 1. The molecule has 0 saturated carbocycles. The molecule has 4 rings (SSSR count). The van der Waals surface area contributed by atoms with Gasteiger partial charge in [-0.05, 0) is 73.2 Å². The molecular weight excluding hydrogens is 334 g/mol. The van der Waals surface area contributed by atoms with E-state index in [1.165, 1.54) is 16.8 Å². The monoisotopic (exact) mass is 361 g/mol. The number of anilines is 1. The van der Waals surface area contributed by atoms with Crippen molar-refractivity contribution in [2.75, 3.05) is 18.5 Å². The maximum atomic E-state index is 5.86. The number of benzene rings is 2. The first-order chi connectivity index (χ1) is 13.2. The Kier molecular flexibility index (Phi) is 4.93. The van der Waals surface area contributed by atoms with Crippen LogP contribution in [0.1, 0.15) is 43.4 Å². The Bertz CT molecular complexity index is 853. The zero-order valence-electron chi connectivity index (χ0n) is 16.1. The van der Waals surface area contributed by atoms with Gasteiger partial charge in [-0.1, -0.05) is 30.9 Å². The van der Waals surface area contributed by atoms with Crippen LogP contribution in [-0.4, -0.2) is 13.2 Å². The molecule has 1 aliphatic heterocycles. The van der Waals surface area contributed by atoms with Gasteiger partial charge >= 0.3 is 0 Å². The summed E-state index contributed by atoms with van der Waals surface area (Å²) in [5.41, 5.74) is 4.87.